The molecule has 1 N–H and O–H groups in total. The maximum absolute atomic E-state index is 5.92. The SMILES string of the molecule is CCNC(Cc1ccc(Cl)cc1)C1CCCS1. The molecule has 1 nitrogen and oxygen atoms in total. The second kappa shape index (κ2) is 6.67. The van der Waals surface area contributed by atoms with Crippen LogP contribution in [0.2, 0.25) is 5.02 Å². The molecule has 0 amide bonds. The van der Waals surface area contributed by atoms with E-state index in [9.17, 15) is 0 Å². The summed E-state index contributed by atoms with van der Waals surface area (Å²) < 4.78 is 0. The number of likely N-dealkylation sites (N-methyl/N-ethyl adjacent to an activating group) is 1. The fraction of sp³-hybridized carbons (Fsp3) is 0.571. The summed E-state index contributed by atoms with van der Waals surface area (Å²) in [4.78, 5) is 0. The summed E-state index contributed by atoms with van der Waals surface area (Å²) in [6.45, 7) is 3.24. The minimum Gasteiger partial charge on any atom is -0.313 e. The molecule has 94 valence electrons. The Bertz CT molecular complexity index is 333. The number of benzene rings is 1. The van der Waals surface area contributed by atoms with Crippen molar-refractivity contribution < 1.29 is 0 Å². The van der Waals surface area contributed by atoms with Crippen molar-refractivity contribution in [1.29, 1.82) is 0 Å². The second-order valence-corrected chi connectivity index (χ2v) is 6.33. The van der Waals surface area contributed by atoms with Crippen molar-refractivity contribution in [2.45, 2.75) is 37.5 Å². The van der Waals surface area contributed by atoms with E-state index in [4.69, 9.17) is 11.6 Å². The van der Waals surface area contributed by atoms with Gasteiger partial charge in [-0.25, -0.2) is 0 Å². The Morgan fingerprint density at radius 3 is 2.76 bits per heavy atom. The minimum absolute atomic E-state index is 0.605. The van der Waals surface area contributed by atoms with Gasteiger partial charge in [0.05, 0.1) is 0 Å². The van der Waals surface area contributed by atoms with Crippen LogP contribution in [0.5, 0.6) is 0 Å². The molecule has 0 aromatic heterocycles. The highest BCUT2D eigenvalue weighted by molar-refractivity contribution is 8.00. The van der Waals surface area contributed by atoms with Crippen LogP contribution in [0.25, 0.3) is 0 Å². The van der Waals surface area contributed by atoms with E-state index in [0.717, 1.165) is 23.2 Å². The average molecular weight is 270 g/mol. The molecule has 2 unspecified atom stereocenters. The lowest BCUT2D eigenvalue weighted by Gasteiger charge is -2.23. The van der Waals surface area contributed by atoms with Crippen LogP contribution >= 0.6 is 23.4 Å². The lowest BCUT2D eigenvalue weighted by atomic mass is 10.0. The van der Waals surface area contributed by atoms with E-state index in [1.165, 1.54) is 24.2 Å². The Morgan fingerprint density at radius 1 is 1.41 bits per heavy atom. The van der Waals surface area contributed by atoms with Gasteiger partial charge in [0.15, 0.2) is 0 Å². The highest BCUT2D eigenvalue weighted by atomic mass is 35.5. The van der Waals surface area contributed by atoms with Crippen molar-refractivity contribution in [3.8, 4) is 0 Å². The molecule has 1 heterocycles. The van der Waals surface area contributed by atoms with Crippen molar-refractivity contribution in [3.05, 3.63) is 34.9 Å². The number of nitrogens with one attached hydrogen (secondary N) is 1. The first-order chi connectivity index (χ1) is 8.29. The van der Waals surface area contributed by atoms with E-state index < -0.39 is 0 Å². The maximum atomic E-state index is 5.92. The zero-order valence-electron chi connectivity index (χ0n) is 10.3. The molecular formula is C14H20ClNS. The molecule has 1 aliphatic rings. The highest BCUT2D eigenvalue weighted by Gasteiger charge is 2.24. The van der Waals surface area contributed by atoms with Gasteiger partial charge in [0.2, 0.25) is 0 Å². The third-order valence-corrected chi connectivity index (χ3v) is 5.02. The summed E-state index contributed by atoms with van der Waals surface area (Å²) in [5.74, 6) is 1.33. The lowest BCUT2D eigenvalue weighted by molar-refractivity contribution is 0.495. The van der Waals surface area contributed by atoms with Gasteiger partial charge in [0.25, 0.3) is 0 Å². The van der Waals surface area contributed by atoms with E-state index in [1.54, 1.807) is 0 Å². The molecule has 1 aliphatic heterocycles. The number of rotatable bonds is 5. The quantitative estimate of drug-likeness (QED) is 0.874. The van der Waals surface area contributed by atoms with Crippen LogP contribution in [0.4, 0.5) is 0 Å². The van der Waals surface area contributed by atoms with Gasteiger partial charge in [-0.15, -0.1) is 0 Å². The molecule has 17 heavy (non-hydrogen) atoms. The number of halogens is 1. The van der Waals surface area contributed by atoms with Gasteiger partial charge < -0.3 is 5.32 Å². The van der Waals surface area contributed by atoms with Gasteiger partial charge in [0.1, 0.15) is 0 Å². The van der Waals surface area contributed by atoms with Crippen LogP contribution in [0.3, 0.4) is 0 Å². The molecule has 0 saturated carbocycles. The van der Waals surface area contributed by atoms with Gasteiger partial charge in [-0.05, 0) is 49.3 Å². The zero-order valence-corrected chi connectivity index (χ0v) is 11.9. The van der Waals surface area contributed by atoms with Crippen LogP contribution in [-0.4, -0.2) is 23.6 Å². The molecular weight excluding hydrogens is 250 g/mol. The molecule has 0 bridgehead atoms. The van der Waals surface area contributed by atoms with Crippen LogP contribution in [0.15, 0.2) is 24.3 Å². The smallest absolute Gasteiger partial charge is 0.0406 e. The first-order valence-electron chi connectivity index (χ1n) is 6.39. The fourth-order valence-electron chi connectivity index (χ4n) is 2.39. The van der Waals surface area contributed by atoms with E-state index >= 15 is 0 Å². The predicted octanol–water partition coefficient (Wildman–Crippen LogP) is 3.76. The van der Waals surface area contributed by atoms with Crippen LogP contribution < -0.4 is 5.32 Å². The largest absolute Gasteiger partial charge is 0.313 e. The third kappa shape index (κ3) is 3.90. The van der Waals surface area contributed by atoms with Crippen LogP contribution in [-0.2, 0) is 6.42 Å². The molecule has 1 aromatic rings. The Labute approximate surface area is 113 Å². The normalized spacial score (nSPS) is 21.6. The van der Waals surface area contributed by atoms with Crippen molar-refractivity contribution >= 4 is 23.4 Å². The van der Waals surface area contributed by atoms with E-state index in [-0.39, 0.29) is 0 Å². The van der Waals surface area contributed by atoms with Crippen LogP contribution in [0.1, 0.15) is 25.3 Å². The molecule has 1 saturated heterocycles. The van der Waals surface area contributed by atoms with E-state index in [2.05, 4.69) is 36.1 Å². The number of hydrogen-bond donors (Lipinski definition) is 1. The topological polar surface area (TPSA) is 12.0 Å². The van der Waals surface area contributed by atoms with Crippen LogP contribution in [0, 0.1) is 0 Å². The summed E-state index contributed by atoms with van der Waals surface area (Å²) >= 11 is 8.04. The molecule has 2 rings (SSSR count). The second-order valence-electron chi connectivity index (χ2n) is 4.55. The average Bonchev–Trinajstić information content (AvgIpc) is 2.85. The van der Waals surface area contributed by atoms with Gasteiger partial charge in [-0.1, -0.05) is 30.7 Å². The Morgan fingerprint density at radius 2 is 2.18 bits per heavy atom. The first-order valence-corrected chi connectivity index (χ1v) is 7.81. The van der Waals surface area contributed by atoms with Crippen molar-refractivity contribution in [3.63, 3.8) is 0 Å². The highest BCUT2D eigenvalue weighted by Crippen LogP contribution is 2.30. The first kappa shape index (κ1) is 13.3. The molecule has 0 aliphatic carbocycles. The van der Waals surface area contributed by atoms with Gasteiger partial charge in [-0.3, -0.25) is 0 Å². The van der Waals surface area contributed by atoms with E-state index in [0.29, 0.717) is 6.04 Å². The van der Waals surface area contributed by atoms with Crippen molar-refractivity contribution in [1.82, 2.24) is 5.32 Å². The standard InChI is InChI=1S/C14H20ClNS/c1-2-16-13(14-4-3-9-17-14)10-11-5-7-12(15)8-6-11/h5-8,13-14,16H,2-4,9-10H2,1H3. The molecule has 3 heteroatoms. The number of hydrogen-bond acceptors (Lipinski definition) is 2. The van der Waals surface area contributed by atoms with Gasteiger partial charge >= 0.3 is 0 Å². The summed E-state index contributed by atoms with van der Waals surface area (Å²) in [7, 11) is 0. The Balaban J connectivity index is 1.98. The monoisotopic (exact) mass is 269 g/mol. The van der Waals surface area contributed by atoms with Crippen molar-refractivity contribution in [2.75, 3.05) is 12.3 Å². The molecule has 1 fully saturated rings. The van der Waals surface area contributed by atoms with E-state index in [1.807, 2.05) is 12.1 Å². The predicted molar refractivity (Wildman–Crippen MR) is 78.1 cm³/mol. The lowest BCUT2D eigenvalue weighted by Crippen LogP contribution is -2.38. The molecule has 0 spiro atoms. The third-order valence-electron chi connectivity index (χ3n) is 3.25. The molecule has 1 aromatic carbocycles. The fourth-order valence-corrected chi connectivity index (χ4v) is 3.91. The minimum atomic E-state index is 0.605. The summed E-state index contributed by atoms with van der Waals surface area (Å²) in [6, 6.07) is 8.87. The van der Waals surface area contributed by atoms with Crippen molar-refractivity contribution in [2.24, 2.45) is 0 Å². The Kier molecular flexibility index (Phi) is 5.20. The number of thioether (sulfide) groups is 1. The summed E-state index contributed by atoms with van der Waals surface area (Å²) in [5.41, 5.74) is 1.38. The molecule has 0 radical (unpaired) electrons. The van der Waals surface area contributed by atoms with Gasteiger partial charge in [0, 0.05) is 16.3 Å². The molecule has 2 atom stereocenters. The summed E-state index contributed by atoms with van der Waals surface area (Å²) in [6.07, 6.45) is 3.84. The zero-order chi connectivity index (χ0) is 12.1. The summed E-state index contributed by atoms with van der Waals surface area (Å²) in [5, 5.41) is 5.24. The Hall–Kier alpha value is -0.180. The maximum Gasteiger partial charge on any atom is 0.0406 e. The van der Waals surface area contributed by atoms with Gasteiger partial charge in [-0.2, -0.15) is 11.8 Å².